The number of fused-ring (bicyclic) bond motifs is 2. The van der Waals surface area contributed by atoms with E-state index in [1.165, 1.54) is 18.5 Å². The highest BCUT2D eigenvalue weighted by Gasteiger charge is 2.38. The lowest BCUT2D eigenvalue weighted by Crippen LogP contribution is -2.42. The van der Waals surface area contributed by atoms with Crippen LogP contribution in [0.5, 0.6) is 0 Å². The summed E-state index contributed by atoms with van der Waals surface area (Å²) in [5, 5.41) is 3.47. The fourth-order valence-corrected chi connectivity index (χ4v) is 4.10. The molecule has 148 valence electrons. The highest BCUT2D eigenvalue weighted by atomic mass is 35.5. The van der Waals surface area contributed by atoms with Crippen molar-refractivity contribution in [1.82, 2.24) is 10.2 Å². The van der Waals surface area contributed by atoms with E-state index >= 15 is 0 Å². The van der Waals surface area contributed by atoms with Gasteiger partial charge in [0, 0.05) is 43.0 Å². The number of rotatable bonds is 6. The van der Waals surface area contributed by atoms with Gasteiger partial charge in [0.25, 0.3) is 5.91 Å². The summed E-state index contributed by atoms with van der Waals surface area (Å²) in [6.45, 7) is 8.49. The van der Waals surface area contributed by atoms with Crippen molar-refractivity contribution in [3.8, 4) is 0 Å². The number of carbonyl (C=O) groups excluding carboxylic acids is 1. The highest BCUT2D eigenvalue weighted by molar-refractivity contribution is 5.95. The molecule has 2 fully saturated rings. The minimum atomic E-state index is 0. The maximum atomic E-state index is 13.0. The van der Waals surface area contributed by atoms with Gasteiger partial charge in [0.05, 0.1) is 0 Å². The molecule has 0 aromatic heterocycles. The van der Waals surface area contributed by atoms with Gasteiger partial charge in [-0.2, -0.15) is 0 Å². The normalized spacial score (nSPS) is 21.4. The lowest BCUT2D eigenvalue weighted by atomic mass is 10.1. The number of hydrogen-bond donors (Lipinski definition) is 1. The molecule has 2 unspecified atom stereocenters. The third kappa shape index (κ3) is 5.05. The predicted molar refractivity (Wildman–Crippen MR) is 114 cm³/mol. The highest BCUT2D eigenvalue weighted by Crippen LogP contribution is 2.30. The number of carbonyl (C=O) groups is 1. The standard InChI is InChI=1S/C20H31N3O.2ClH/c1-3-5-14-22(4-2)17-8-6-16(7-9-17)20(24)23-18-10-11-19(23)15-21-13-12-18;;/h6-9,18-19,21H,3-5,10-15H2,1-2H3;2*1H. The van der Waals surface area contributed by atoms with Crippen molar-refractivity contribution in [1.29, 1.82) is 0 Å². The van der Waals surface area contributed by atoms with Crippen molar-refractivity contribution in [3.63, 3.8) is 0 Å². The molecule has 3 rings (SSSR count). The first-order valence-corrected chi connectivity index (χ1v) is 9.63. The first kappa shape index (κ1) is 23.1. The molecule has 1 aromatic carbocycles. The van der Waals surface area contributed by atoms with Crippen LogP contribution in [0.3, 0.4) is 0 Å². The zero-order valence-electron chi connectivity index (χ0n) is 15.9. The first-order valence-electron chi connectivity index (χ1n) is 9.63. The average molecular weight is 402 g/mol. The third-order valence-corrected chi connectivity index (χ3v) is 5.53. The van der Waals surface area contributed by atoms with Gasteiger partial charge < -0.3 is 15.1 Å². The number of hydrogen-bond acceptors (Lipinski definition) is 3. The molecule has 2 atom stereocenters. The fraction of sp³-hybridized carbons (Fsp3) is 0.650. The largest absolute Gasteiger partial charge is 0.372 e. The fourth-order valence-electron chi connectivity index (χ4n) is 4.10. The van der Waals surface area contributed by atoms with Crippen LogP contribution in [0.4, 0.5) is 5.69 Å². The monoisotopic (exact) mass is 401 g/mol. The van der Waals surface area contributed by atoms with Crippen molar-refractivity contribution >= 4 is 36.4 Å². The minimum Gasteiger partial charge on any atom is -0.372 e. The zero-order valence-corrected chi connectivity index (χ0v) is 17.6. The molecule has 26 heavy (non-hydrogen) atoms. The minimum absolute atomic E-state index is 0. The van der Waals surface area contributed by atoms with Gasteiger partial charge in [-0.3, -0.25) is 4.79 Å². The summed E-state index contributed by atoms with van der Waals surface area (Å²) in [5.41, 5.74) is 2.06. The molecule has 2 saturated heterocycles. The number of benzene rings is 1. The Morgan fingerprint density at radius 1 is 1.12 bits per heavy atom. The summed E-state index contributed by atoms with van der Waals surface area (Å²) in [4.78, 5) is 17.6. The summed E-state index contributed by atoms with van der Waals surface area (Å²) >= 11 is 0. The SMILES string of the molecule is CCCCN(CC)c1ccc(C(=O)N2C3CCNCC2CC3)cc1.Cl.Cl. The lowest BCUT2D eigenvalue weighted by molar-refractivity contribution is 0.0680. The quantitative estimate of drug-likeness (QED) is 0.778. The van der Waals surface area contributed by atoms with Crippen LogP contribution in [0.15, 0.2) is 24.3 Å². The maximum absolute atomic E-state index is 13.0. The summed E-state index contributed by atoms with van der Waals surface area (Å²) < 4.78 is 0. The Kier molecular flexibility index (Phi) is 9.77. The Labute approximate surface area is 170 Å². The Morgan fingerprint density at radius 2 is 1.81 bits per heavy atom. The van der Waals surface area contributed by atoms with Crippen molar-refractivity contribution in [2.45, 2.75) is 58.0 Å². The summed E-state index contributed by atoms with van der Waals surface area (Å²) in [7, 11) is 0. The molecule has 0 spiro atoms. The Balaban J connectivity index is 0.00000169. The van der Waals surface area contributed by atoms with Gasteiger partial charge in [0.1, 0.15) is 0 Å². The van der Waals surface area contributed by atoms with Crippen LogP contribution >= 0.6 is 24.8 Å². The number of unbranched alkanes of at least 4 members (excludes halogenated alkanes) is 1. The van der Waals surface area contributed by atoms with Crippen molar-refractivity contribution in [2.75, 3.05) is 31.1 Å². The molecule has 2 aliphatic rings. The second-order valence-corrected chi connectivity index (χ2v) is 7.07. The Bertz CT molecular complexity index is 538. The van der Waals surface area contributed by atoms with E-state index in [9.17, 15) is 4.79 Å². The second-order valence-electron chi connectivity index (χ2n) is 7.07. The van der Waals surface area contributed by atoms with E-state index in [1.54, 1.807) is 0 Å². The molecule has 0 saturated carbocycles. The molecule has 0 radical (unpaired) electrons. The van der Waals surface area contributed by atoms with Crippen LogP contribution in [0, 0.1) is 0 Å². The molecule has 6 heteroatoms. The van der Waals surface area contributed by atoms with Crippen LogP contribution in [0.2, 0.25) is 0 Å². The Hall–Kier alpha value is -0.970. The molecule has 2 heterocycles. The number of nitrogens with zero attached hydrogens (tertiary/aromatic N) is 2. The first-order chi connectivity index (χ1) is 11.7. The summed E-state index contributed by atoms with van der Waals surface area (Å²) in [5.74, 6) is 0.217. The van der Waals surface area contributed by atoms with E-state index < -0.39 is 0 Å². The molecule has 2 bridgehead atoms. The number of anilines is 1. The van der Waals surface area contributed by atoms with Crippen LogP contribution in [0.1, 0.15) is 56.3 Å². The summed E-state index contributed by atoms with van der Waals surface area (Å²) in [6, 6.07) is 9.07. The van der Waals surface area contributed by atoms with E-state index in [2.05, 4.69) is 41.1 Å². The topological polar surface area (TPSA) is 35.6 Å². The van der Waals surface area contributed by atoms with Crippen LogP contribution < -0.4 is 10.2 Å². The average Bonchev–Trinajstić information content (AvgIpc) is 2.88. The zero-order chi connectivity index (χ0) is 16.9. The van der Waals surface area contributed by atoms with Crippen molar-refractivity contribution < 1.29 is 4.79 Å². The van der Waals surface area contributed by atoms with Crippen LogP contribution in [-0.2, 0) is 0 Å². The van der Waals surface area contributed by atoms with E-state index in [0.29, 0.717) is 12.1 Å². The molecule has 4 nitrogen and oxygen atoms in total. The summed E-state index contributed by atoms with van der Waals surface area (Å²) in [6.07, 6.45) is 5.80. The van der Waals surface area contributed by atoms with Gasteiger partial charge in [-0.05, 0) is 63.4 Å². The van der Waals surface area contributed by atoms with Gasteiger partial charge >= 0.3 is 0 Å². The molecular formula is C20H33Cl2N3O. The maximum Gasteiger partial charge on any atom is 0.254 e. The van der Waals surface area contributed by atoms with E-state index in [4.69, 9.17) is 0 Å². The molecule has 1 N–H and O–H groups in total. The lowest BCUT2D eigenvalue weighted by Gasteiger charge is -2.28. The van der Waals surface area contributed by atoms with E-state index in [-0.39, 0.29) is 30.7 Å². The van der Waals surface area contributed by atoms with Crippen LogP contribution in [-0.4, -0.2) is 49.1 Å². The Morgan fingerprint density at radius 3 is 2.46 bits per heavy atom. The van der Waals surface area contributed by atoms with Gasteiger partial charge in [-0.1, -0.05) is 13.3 Å². The van der Waals surface area contributed by atoms with Crippen molar-refractivity contribution in [2.24, 2.45) is 0 Å². The van der Waals surface area contributed by atoms with E-state index in [0.717, 1.165) is 51.0 Å². The molecule has 1 aromatic rings. The van der Waals surface area contributed by atoms with Crippen molar-refractivity contribution in [3.05, 3.63) is 29.8 Å². The predicted octanol–water partition coefficient (Wildman–Crippen LogP) is 4.12. The smallest absolute Gasteiger partial charge is 0.254 e. The van der Waals surface area contributed by atoms with E-state index in [1.807, 2.05) is 12.1 Å². The number of nitrogens with one attached hydrogen (secondary N) is 1. The van der Waals surface area contributed by atoms with Gasteiger partial charge in [-0.25, -0.2) is 0 Å². The van der Waals surface area contributed by atoms with Crippen LogP contribution in [0.25, 0.3) is 0 Å². The second kappa shape index (κ2) is 11.0. The number of amides is 1. The van der Waals surface area contributed by atoms with Gasteiger partial charge in [-0.15, -0.1) is 24.8 Å². The number of halogens is 2. The third-order valence-electron chi connectivity index (χ3n) is 5.53. The van der Waals surface area contributed by atoms with Gasteiger partial charge in [0.15, 0.2) is 0 Å². The molecular weight excluding hydrogens is 369 g/mol. The molecule has 0 aliphatic carbocycles. The molecule has 2 aliphatic heterocycles. The van der Waals surface area contributed by atoms with Gasteiger partial charge in [0.2, 0.25) is 0 Å². The molecule has 1 amide bonds.